The molecule has 29 heavy (non-hydrogen) atoms. The summed E-state index contributed by atoms with van der Waals surface area (Å²) in [6, 6.07) is 14.9. The summed E-state index contributed by atoms with van der Waals surface area (Å²) in [5.74, 6) is 0.354. The van der Waals surface area contributed by atoms with Crippen molar-refractivity contribution in [1.82, 2.24) is 14.8 Å². The first kappa shape index (κ1) is 19.5. The van der Waals surface area contributed by atoms with Crippen LogP contribution < -0.4 is 0 Å². The van der Waals surface area contributed by atoms with E-state index in [4.69, 9.17) is 16.0 Å². The molecule has 1 aliphatic heterocycles. The predicted octanol–water partition coefficient (Wildman–Crippen LogP) is 3.88. The van der Waals surface area contributed by atoms with Crippen molar-refractivity contribution in [2.45, 2.75) is 25.9 Å². The van der Waals surface area contributed by atoms with Crippen molar-refractivity contribution in [1.29, 1.82) is 0 Å². The molecule has 6 nitrogen and oxygen atoms in total. The monoisotopic (exact) mass is 411 g/mol. The van der Waals surface area contributed by atoms with E-state index in [-0.39, 0.29) is 17.7 Å². The van der Waals surface area contributed by atoms with Crippen LogP contribution in [0, 0.1) is 5.92 Å². The molecule has 0 unspecified atom stereocenters. The van der Waals surface area contributed by atoms with E-state index < -0.39 is 0 Å². The van der Waals surface area contributed by atoms with E-state index in [1.54, 1.807) is 16.8 Å². The molecule has 1 aliphatic rings. The zero-order valence-electron chi connectivity index (χ0n) is 16.2. The Labute approximate surface area is 174 Å². The largest absolute Gasteiger partial charge is 0.439 e. The number of likely N-dealkylation sites (tertiary alicyclic amines) is 1. The maximum absolute atomic E-state index is 13.0. The van der Waals surface area contributed by atoms with Gasteiger partial charge in [0.05, 0.1) is 12.5 Å². The molecule has 4 rings (SSSR count). The molecule has 7 heteroatoms. The molecule has 0 radical (unpaired) electrons. The third-order valence-corrected chi connectivity index (χ3v) is 5.47. The van der Waals surface area contributed by atoms with E-state index >= 15 is 0 Å². The van der Waals surface area contributed by atoms with Gasteiger partial charge in [0.2, 0.25) is 17.7 Å². The van der Waals surface area contributed by atoms with Crippen LogP contribution in [0.2, 0.25) is 5.02 Å². The Balaban J connectivity index is 1.40. The first-order valence-corrected chi connectivity index (χ1v) is 9.99. The van der Waals surface area contributed by atoms with E-state index in [0.29, 0.717) is 49.0 Å². The zero-order valence-corrected chi connectivity index (χ0v) is 16.9. The molecule has 2 amide bonds. The Hall–Kier alpha value is -2.86. The normalized spacial score (nSPS) is 17.0. The van der Waals surface area contributed by atoms with Crippen LogP contribution in [0.3, 0.4) is 0 Å². The Kier molecular flexibility index (Phi) is 5.53. The van der Waals surface area contributed by atoms with Crippen molar-refractivity contribution in [2.24, 2.45) is 5.92 Å². The number of carbonyl (C=O) groups is 2. The molecule has 2 aromatic carbocycles. The first-order chi connectivity index (χ1) is 14.0. The summed E-state index contributed by atoms with van der Waals surface area (Å²) >= 11 is 5.93. The fraction of sp³-hybridized carbons (Fsp3) is 0.318. The fourth-order valence-electron chi connectivity index (χ4n) is 3.66. The van der Waals surface area contributed by atoms with Crippen molar-refractivity contribution in [3.8, 4) is 0 Å². The number of amides is 2. The fourth-order valence-corrected chi connectivity index (χ4v) is 3.79. The van der Waals surface area contributed by atoms with Gasteiger partial charge in [0.1, 0.15) is 5.52 Å². The highest BCUT2D eigenvalue weighted by atomic mass is 35.5. The van der Waals surface area contributed by atoms with E-state index in [1.807, 2.05) is 48.5 Å². The summed E-state index contributed by atoms with van der Waals surface area (Å²) in [5, 5.41) is 0.660. The summed E-state index contributed by atoms with van der Waals surface area (Å²) < 4.78 is 5.72. The second-order valence-electron chi connectivity index (χ2n) is 7.41. The summed E-state index contributed by atoms with van der Waals surface area (Å²) in [4.78, 5) is 33.1. The lowest BCUT2D eigenvalue weighted by Gasteiger charge is -2.33. The minimum Gasteiger partial charge on any atom is -0.439 e. The van der Waals surface area contributed by atoms with Crippen molar-refractivity contribution in [2.75, 3.05) is 13.6 Å². The van der Waals surface area contributed by atoms with Crippen LogP contribution in [0.25, 0.3) is 11.1 Å². The van der Waals surface area contributed by atoms with E-state index in [2.05, 4.69) is 4.98 Å². The number of carbonyl (C=O) groups excluding carboxylic acids is 2. The summed E-state index contributed by atoms with van der Waals surface area (Å²) in [6.45, 7) is 1.20. The highest BCUT2D eigenvalue weighted by Gasteiger charge is 2.32. The molecule has 0 saturated carbocycles. The van der Waals surface area contributed by atoms with Gasteiger partial charge >= 0.3 is 0 Å². The van der Waals surface area contributed by atoms with Gasteiger partial charge in [-0.3, -0.25) is 9.59 Å². The Bertz CT molecular complexity index is 998. The molecule has 1 aromatic heterocycles. The number of halogens is 1. The van der Waals surface area contributed by atoms with Gasteiger partial charge in [-0.05, 0) is 36.2 Å². The van der Waals surface area contributed by atoms with Gasteiger partial charge in [-0.15, -0.1) is 0 Å². The first-order valence-electron chi connectivity index (χ1n) is 9.61. The smallest absolute Gasteiger partial charge is 0.227 e. The second kappa shape index (κ2) is 8.25. The molecule has 1 atom stereocenters. The van der Waals surface area contributed by atoms with E-state index in [1.165, 1.54) is 0 Å². The van der Waals surface area contributed by atoms with E-state index in [0.717, 1.165) is 11.1 Å². The summed E-state index contributed by atoms with van der Waals surface area (Å²) in [6.07, 6.45) is 0.938. The van der Waals surface area contributed by atoms with E-state index in [9.17, 15) is 9.59 Å². The average Bonchev–Trinajstić information content (AvgIpc) is 3.13. The number of benzene rings is 2. The summed E-state index contributed by atoms with van der Waals surface area (Å²) in [5.41, 5.74) is 2.48. The highest BCUT2D eigenvalue weighted by molar-refractivity contribution is 6.30. The topological polar surface area (TPSA) is 66.7 Å². The van der Waals surface area contributed by atoms with Crippen LogP contribution in [0.4, 0.5) is 0 Å². The molecule has 0 spiro atoms. The number of para-hydroxylation sites is 2. The van der Waals surface area contributed by atoms with Crippen LogP contribution in [0.5, 0.6) is 0 Å². The quantitative estimate of drug-likeness (QED) is 0.639. The SMILES string of the molecule is CN(Cc1nc2ccccc2o1)C(=O)[C@H]1CCC(=O)N(Cc2ccc(Cl)cc2)C1. The molecule has 0 N–H and O–H groups in total. The van der Waals surface area contributed by atoms with Crippen LogP contribution in [0.15, 0.2) is 52.9 Å². The number of aromatic nitrogens is 1. The third-order valence-electron chi connectivity index (χ3n) is 5.22. The van der Waals surface area contributed by atoms with Gasteiger partial charge in [0, 0.05) is 31.6 Å². The Morgan fingerprint density at radius 3 is 2.76 bits per heavy atom. The lowest BCUT2D eigenvalue weighted by molar-refractivity contribution is -0.143. The lowest BCUT2D eigenvalue weighted by atomic mass is 9.95. The zero-order chi connectivity index (χ0) is 20.4. The highest BCUT2D eigenvalue weighted by Crippen LogP contribution is 2.23. The molecule has 0 aliphatic carbocycles. The third kappa shape index (κ3) is 4.43. The average molecular weight is 412 g/mol. The van der Waals surface area contributed by atoms with Crippen molar-refractivity contribution >= 4 is 34.5 Å². The van der Waals surface area contributed by atoms with Crippen molar-refractivity contribution in [3.05, 3.63) is 65.0 Å². The molecule has 1 fully saturated rings. The second-order valence-corrected chi connectivity index (χ2v) is 7.84. The van der Waals surface area contributed by atoms with Crippen molar-refractivity contribution in [3.63, 3.8) is 0 Å². The number of piperidine rings is 1. The van der Waals surface area contributed by atoms with Crippen LogP contribution in [0.1, 0.15) is 24.3 Å². The number of hydrogen-bond acceptors (Lipinski definition) is 4. The molecular weight excluding hydrogens is 390 g/mol. The lowest BCUT2D eigenvalue weighted by Crippen LogP contribution is -2.45. The molecule has 3 aromatic rings. The molecule has 0 bridgehead atoms. The number of hydrogen-bond donors (Lipinski definition) is 0. The Morgan fingerprint density at radius 2 is 2.00 bits per heavy atom. The van der Waals surface area contributed by atoms with Crippen LogP contribution in [-0.4, -0.2) is 40.2 Å². The number of nitrogens with zero attached hydrogens (tertiary/aromatic N) is 3. The number of fused-ring (bicyclic) bond motifs is 1. The molecule has 1 saturated heterocycles. The van der Waals surface area contributed by atoms with Gasteiger partial charge in [-0.2, -0.15) is 0 Å². The van der Waals surface area contributed by atoms with Gasteiger partial charge in [0.25, 0.3) is 0 Å². The van der Waals surface area contributed by atoms with Gasteiger partial charge < -0.3 is 14.2 Å². The maximum atomic E-state index is 13.0. The summed E-state index contributed by atoms with van der Waals surface area (Å²) in [7, 11) is 1.75. The molecule has 150 valence electrons. The van der Waals surface area contributed by atoms with Crippen LogP contribution >= 0.6 is 11.6 Å². The standard InChI is InChI=1S/C22H22ClN3O3/c1-25(14-20-24-18-4-2-3-5-19(18)29-20)22(28)16-8-11-21(27)26(13-16)12-15-6-9-17(23)10-7-15/h2-7,9-10,16H,8,11-14H2,1H3/t16-/m0/s1. The molecular formula is C22H22ClN3O3. The van der Waals surface area contributed by atoms with Crippen LogP contribution in [-0.2, 0) is 22.7 Å². The molecule has 2 heterocycles. The number of oxazole rings is 1. The Morgan fingerprint density at radius 1 is 1.24 bits per heavy atom. The minimum absolute atomic E-state index is 0.000798. The van der Waals surface area contributed by atoms with Gasteiger partial charge in [0.15, 0.2) is 5.58 Å². The maximum Gasteiger partial charge on any atom is 0.227 e. The minimum atomic E-state index is -0.227. The number of rotatable bonds is 5. The van der Waals surface area contributed by atoms with Gasteiger partial charge in [-0.25, -0.2) is 4.98 Å². The predicted molar refractivity (Wildman–Crippen MR) is 110 cm³/mol. The van der Waals surface area contributed by atoms with Gasteiger partial charge in [-0.1, -0.05) is 35.9 Å². The van der Waals surface area contributed by atoms with Crippen molar-refractivity contribution < 1.29 is 14.0 Å².